The Labute approximate surface area is 74.4 Å². The number of hydrogen-bond acceptors (Lipinski definition) is 4. The number of aliphatic hydroxyl groups excluding tert-OH is 1. The Kier molecular flexibility index (Phi) is 2.60. The fourth-order valence-electron chi connectivity index (χ4n) is 0.904. The van der Waals surface area contributed by atoms with E-state index in [1.807, 2.05) is 13.8 Å². The molecule has 0 aliphatic heterocycles. The maximum Gasteiger partial charge on any atom is 0.208 e. The van der Waals surface area contributed by atoms with Gasteiger partial charge in [0, 0.05) is 11.0 Å². The van der Waals surface area contributed by atoms with E-state index in [0.717, 1.165) is 22.2 Å². The van der Waals surface area contributed by atoms with Crippen molar-refractivity contribution in [2.24, 2.45) is 0 Å². The van der Waals surface area contributed by atoms with E-state index in [9.17, 15) is 4.79 Å². The lowest BCUT2D eigenvalue weighted by Gasteiger charge is -1.88. The molecule has 0 fully saturated rings. The number of nitrogens with zero attached hydrogens (tertiary/aromatic N) is 1. The van der Waals surface area contributed by atoms with Crippen molar-refractivity contribution in [3.05, 3.63) is 27.9 Å². The first-order chi connectivity index (χ1) is 5.65. The van der Waals surface area contributed by atoms with Gasteiger partial charge in [-0.1, -0.05) is 0 Å². The van der Waals surface area contributed by atoms with Gasteiger partial charge >= 0.3 is 0 Å². The van der Waals surface area contributed by atoms with E-state index in [2.05, 4.69) is 4.98 Å². The van der Waals surface area contributed by atoms with E-state index in [1.54, 1.807) is 0 Å². The predicted molar refractivity (Wildman–Crippen MR) is 47.7 cm³/mol. The van der Waals surface area contributed by atoms with Gasteiger partial charge in [-0.05, 0) is 13.8 Å². The van der Waals surface area contributed by atoms with Gasteiger partial charge in [0.05, 0.1) is 11.3 Å². The van der Waals surface area contributed by atoms with Crippen LogP contribution in [0.5, 0.6) is 0 Å². The molecule has 0 saturated heterocycles. The van der Waals surface area contributed by atoms with Crippen LogP contribution in [-0.2, 0) is 0 Å². The molecule has 4 heteroatoms. The molecule has 0 bridgehead atoms. The second kappa shape index (κ2) is 3.49. The van der Waals surface area contributed by atoms with Crippen LogP contribution in [0.2, 0.25) is 0 Å². The van der Waals surface area contributed by atoms with Crippen molar-refractivity contribution in [1.82, 2.24) is 4.98 Å². The quantitative estimate of drug-likeness (QED) is 0.433. The van der Waals surface area contributed by atoms with E-state index in [1.165, 1.54) is 11.3 Å². The maximum atomic E-state index is 11.2. The molecule has 0 aliphatic carbocycles. The van der Waals surface area contributed by atoms with Crippen LogP contribution in [0.1, 0.15) is 20.4 Å². The van der Waals surface area contributed by atoms with Crippen molar-refractivity contribution in [3.63, 3.8) is 0 Å². The highest BCUT2D eigenvalue weighted by Gasteiger charge is 2.10. The monoisotopic (exact) mass is 183 g/mol. The summed E-state index contributed by atoms with van der Waals surface area (Å²) in [6, 6.07) is 0. The molecule has 0 saturated carbocycles. The van der Waals surface area contributed by atoms with Crippen LogP contribution in [0.15, 0.2) is 12.3 Å². The maximum absolute atomic E-state index is 11.2. The van der Waals surface area contributed by atoms with Gasteiger partial charge in [0.25, 0.3) is 0 Å². The minimum Gasteiger partial charge on any atom is -0.515 e. The van der Waals surface area contributed by atoms with Crippen molar-refractivity contribution in [2.75, 3.05) is 0 Å². The first-order valence-corrected chi connectivity index (χ1v) is 4.26. The van der Waals surface area contributed by atoms with Crippen LogP contribution in [0.25, 0.3) is 0 Å². The molecule has 0 atom stereocenters. The highest BCUT2D eigenvalue weighted by molar-refractivity contribution is 7.11. The molecule has 64 valence electrons. The van der Waals surface area contributed by atoms with Gasteiger partial charge in [0.15, 0.2) is 0 Å². The lowest BCUT2D eigenvalue weighted by Crippen LogP contribution is -1.96. The number of rotatable bonds is 2. The van der Waals surface area contributed by atoms with Crippen LogP contribution in [-0.4, -0.2) is 15.9 Å². The molecule has 0 amide bonds. The summed E-state index contributed by atoms with van der Waals surface area (Å²) in [5.41, 5.74) is 0.433. The van der Waals surface area contributed by atoms with Gasteiger partial charge in [-0.15, -0.1) is 11.3 Å². The highest BCUT2D eigenvalue weighted by atomic mass is 32.1. The van der Waals surface area contributed by atoms with Gasteiger partial charge in [0.2, 0.25) is 5.78 Å². The summed E-state index contributed by atoms with van der Waals surface area (Å²) in [5, 5.41) is 9.23. The minimum atomic E-state index is -0.251. The zero-order valence-electron chi connectivity index (χ0n) is 6.87. The summed E-state index contributed by atoms with van der Waals surface area (Å²) < 4.78 is 0. The molecule has 1 aromatic heterocycles. The van der Waals surface area contributed by atoms with Gasteiger partial charge in [-0.2, -0.15) is 0 Å². The third-order valence-electron chi connectivity index (χ3n) is 1.36. The van der Waals surface area contributed by atoms with Gasteiger partial charge in [-0.3, -0.25) is 4.79 Å². The first-order valence-electron chi connectivity index (χ1n) is 3.44. The third-order valence-corrected chi connectivity index (χ3v) is 2.25. The van der Waals surface area contributed by atoms with E-state index in [4.69, 9.17) is 5.11 Å². The standard InChI is InChI=1S/C8H9NO2S/c1-5-8(7(11)3-4-10)9-6(2)12-5/h3-4,10H,1-2H3. The van der Waals surface area contributed by atoms with Crippen molar-refractivity contribution in [1.29, 1.82) is 0 Å². The molecule has 1 rings (SSSR count). The summed E-state index contributed by atoms with van der Waals surface area (Å²) in [4.78, 5) is 16.1. The normalized spacial score (nSPS) is 10.8. The highest BCUT2D eigenvalue weighted by Crippen LogP contribution is 2.16. The molecule has 0 aromatic carbocycles. The summed E-state index contributed by atoms with van der Waals surface area (Å²) in [6.07, 6.45) is 1.83. The lowest BCUT2D eigenvalue weighted by atomic mass is 10.2. The molecule has 1 aromatic rings. The molecule has 0 spiro atoms. The summed E-state index contributed by atoms with van der Waals surface area (Å²) in [6.45, 7) is 3.68. The number of ketones is 1. The second-order valence-electron chi connectivity index (χ2n) is 2.32. The Morgan fingerprint density at radius 2 is 2.25 bits per heavy atom. The Morgan fingerprint density at radius 3 is 2.67 bits per heavy atom. The first kappa shape index (κ1) is 8.93. The number of aliphatic hydroxyl groups is 1. The predicted octanol–water partition coefficient (Wildman–Crippen LogP) is 2.01. The van der Waals surface area contributed by atoms with Crippen LogP contribution in [0.3, 0.4) is 0 Å². The SMILES string of the molecule is Cc1nc(C(=O)C=CO)c(C)s1. The zero-order chi connectivity index (χ0) is 9.14. The average Bonchev–Trinajstić information content (AvgIpc) is 2.30. The second-order valence-corrected chi connectivity index (χ2v) is 3.72. The van der Waals surface area contributed by atoms with E-state index < -0.39 is 0 Å². The van der Waals surface area contributed by atoms with Crippen LogP contribution >= 0.6 is 11.3 Å². The topological polar surface area (TPSA) is 50.2 Å². The van der Waals surface area contributed by atoms with Crippen molar-refractivity contribution < 1.29 is 9.90 Å². The Hall–Kier alpha value is -1.16. The fraction of sp³-hybridized carbons (Fsp3) is 0.250. The summed E-state index contributed by atoms with van der Waals surface area (Å²) in [5.74, 6) is -0.251. The number of carbonyl (C=O) groups is 1. The molecule has 1 heterocycles. The van der Waals surface area contributed by atoms with Crippen molar-refractivity contribution in [3.8, 4) is 0 Å². The van der Waals surface area contributed by atoms with Crippen LogP contribution in [0.4, 0.5) is 0 Å². The minimum absolute atomic E-state index is 0.251. The number of carbonyl (C=O) groups excluding carboxylic acids is 1. The van der Waals surface area contributed by atoms with Crippen molar-refractivity contribution in [2.45, 2.75) is 13.8 Å². The molecule has 3 nitrogen and oxygen atoms in total. The molecular formula is C8H9NO2S. The summed E-state index contributed by atoms with van der Waals surface area (Å²) >= 11 is 1.48. The van der Waals surface area contributed by atoms with Crippen molar-refractivity contribution >= 4 is 17.1 Å². The van der Waals surface area contributed by atoms with E-state index in [0.29, 0.717) is 5.69 Å². The number of aryl methyl sites for hydroxylation is 2. The van der Waals surface area contributed by atoms with Crippen LogP contribution in [0, 0.1) is 13.8 Å². The van der Waals surface area contributed by atoms with E-state index >= 15 is 0 Å². The Morgan fingerprint density at radius 1 is 1.58 bits per heavy atom. The molecule has 0 radical (unpaired) electrons. The average molecular weight is 183 g/mol. The lowest BCUT2D eigenvalue weighted by molar-refractivity contribution is 0.104. The Balaban J connectivity index is 3.02. The summed E-state index contributed by atoms with van der Waals surface area (Å²) in [7, 11) is 0. The Bertz CT molecular complexity index is 328. The van der Waals surface area contributed by atoms with Gasteiger partial charge in [0.1, 0.15) is 5.69 Å². The smallest absolute Gasteiger partial charge is 0.208 e. The molecular weight excluding hydrogens is 174 g/mol. The third kappa shape index (κ3) is 1.71. The molecule has 1 N–H and O–H groups in total. The van der Waals surface area contributed by atoms with Gasteiger partial charge < -0.3 is 5.11 Å². The number of allylic oxidation sites excluding steroid dienone is 1. The van der Waals surface area contributed by atoms with Gasteiger partial charge in [-0.25, -0.2) is 4.98 Å². The molecule has 12 heavy (non-hydrogen) atoms. The number of hydrogen-bond donors (Lipinski definition) is 1. The van der Waals surface area contributed by atoms with E-state index in [-0.39, 0.29) is 5.78 Å². The fourth-order valence-corrected chi connectivity index (χ4v) is 1.73. The zero-order valence-corrected chi connectivity index (χ0v) is 7.68. The molecule has 0 aliphatic rings. The molecule has 0 unspecified atom stereocenters. The number of aromatic nitrogens is 1. The number of thiazole rings is 1. The van der Waals surface area contributed by atoms with Crippen LogP contribution < -0.4 is 0 Å². The largest absolute Gasteiger partial charge is 0.515 e.